The molecular formula is C27H46N6O5. The van der Waals surface area contributed by atoms with Crippen LogP contribution in [0, 0.1) is 0 Å². The fraction of sp³-hybridized carbons (Fsp3) is 0.852. The van der Waals surface area contributed by atoms with E-state index in [4.69, 9.17) is 0 Å². The van der Waals surface area contributed by atoms with Crippen LogP contribution >= 0.6 is 0 Å². The molecule has 11 nitrogen and oxygen atoms in total. The highest BCUT2D eigenvalue weighted by molar-refractivity contribution is 6.08. The third-order valence-corrected chi connectivity index (χ3v) is 9.85. The van der Waals surface area contributed by atoms with Crippen molar-refractivity contribution in [2.45, 2.75) is 120 Å². The summed E-state index contributed by atoms with van der Waals surface area (Å²) in [4.78, 5) is 59.8. The zero-order valence-electron chi connectivity index (χ0n) is 24.7. The lowest BCUT2D eigenvalue weighted by molar-refractivity contribution is -0.141. The first-order chi connectivity index (χ1) is 17.1. The van der Waals surface area contributed by atoms with Gasteiger partial charge in [-0.3, -0.25) is 29.2 Å². The van der Waals surface area contributed by atoms with Crippen LogP contribution in [0.3, 0.4) is 0 Å². The molecule has 0 radical (unpaired) electrons. The normalized spacial score (nSPS) is 29.5. The lowest BCUT2D eigenvalue weighted by Gasteiger charge is -2.56. The Morgan fingerprint density at radius 1 is 0.632 bits per heavy atom. The maximum Gasteiger partial charge on any atom is 0.325 e. The Labute approximate surface area is 226 Å². The summed E-state index contributed by atoms with van der Waals surface area (Å²) in [6.45, 7) is 15.8. The number of aliphatic hydroxyl groups is 1. The summed E-state index contributed by atoms with van der Waals surface area (Å²) in [6, 6.07) is -1.12. The first-order valence-electron chi connectivity index (χ1n) is 13.5. The van der Waals surface area contributed by atoms with E-state index in [0.29, 0.717) is 25.7 Å². The van der Waals surface area contributed by atoms with Gasteiger partial charge in [0.1, 0.15) is 11.1 Å². The van der Waals surface area contributed by atoms with E-state index in [0.717, 1.165) is 9.80 Å². The Hall–Kier alpha value is -2.24. The van der Waals surface area contributed by atoms with Crippen LogP contribution in [0.2, 0.25) is 0 Å². The molecule has 4 saturated heterocycles. The molecule has 0 atom stereocenters. The third-order valence-electron chi connectivity index (χ3n) is 9.85. The molecule has 0 unspecified atom stereocenters. The molecule has 0 aromatic carbocycles. The van der Waals surface area contributed by atoms with Crippen molar-refractivity contribution < 1.29 is 24.3 Å². The van der Waals surface area contributed by atoms with Gasteiger partial charge >= 0.3 is 12.1 Å². The molecule has 0 saturated carbocycles. The zero-order chi connectivity index (χ0) is 28.9. The largest absolute Gasteiger partial charge is 0.389 e. The Balaban J connectivity index is 1.48. The van der Waals surface area contributed by atoms with Gasteiger partial charge in [-0.15, -0.1) is 0 Å². The highest BCUT2D eigenvalue weighted by atomic mass is 16.3. The minimum atomic E-state index is -1.27. The predicted molar refractivity (Wildman–Crippen MR) is 142 cm³/mol. The molecule has 4 aliphatic rings. The van der Waals surface area contributed by atoms with E-state index >= 15 is 0 Å². The van der Waals surface area contributed by atoms with Gasteiger partial charge in [0.05, 0.1) is 19.2 Å². The van der Waals surface area contributed by atoms with Crippen LogP contribution in [0.4, 0.5) is 9.59 Å². The molecular weight excluding hydrogens is 488 g/mol. The van der Waals surface area contributed by atoms with Gasteiger partial charge in [-0.05, 0) is 95.2 Å². The second-order valence-electron chi connectivity index (χ2n) is 14.6. The number of carbonyl (C=O) groups excluding carboxylic acids is 4. The minimum Gasteiger partial charge on any atom is -0.389 e. The number of imide groups is 2. The molecule has 0 aromatic heterocycles. The van der Waals surface area contributed by atoms with Gasteiger partial charge in [0.2, 0.25) is 0 Å². The van der Waals surface area contributed by atoms with E-state index in [1.54, 1.807) is 0 Å². The summed E-state index contributed by atoms with van der Waals surface area (Å²) in [5, 5.41) is 16.8. The summed E-state index contributed by atoms with van der Waals surface area (Å²) < 4.78 is 0. The predicted octanol–water partition coefficient (Wildman–Crippen LogP) is 1.49. The zero-order valence-corrected chi connectivity index (χ0v) is 24.7. The van der Waals surface area contributed by atoms with Gasteiger partial charge in [0.15, 0.2) is 0 Å². The number of hydrogen-bond donors (Lipinski definition) is 3. The molecule has 11 heteroatoms. The van der Waals surface area contributed by atoms with Crippen LogP contribution in [-0.4, -0.2) is 115 Å². The average Bonchev–Trinajstić information content (AvgIpc) is 3.08. The van der Waals surface area contributed by atoms with Crippen molar-refractivity contribution in [2.24, 2.45) is 0 Å². The smallest absolute Gasteiger partial charge is 0.325 e. The number of aliphatic hydroxyl groups excluding tert-OH is 1. The molecule has 3 N–H and O–H groups in total. The second kappa shape index (κ2) is 8.38. The SMILES string of the molecule is CN1C(C)(C)CC2(CC1(C)C)NC(=O)N(CC(O)CN1C(=O)NC3(CC(C)(C)N(C)C(C)(C)C3)C1=O)C2=O. The molecule has 214 valence electrons. The Bertz CT molecular complexity index is 948. The number of rotatable bonds is 4. The maximum absolute atomic E-state index is 13.6. The number of carbonyl (C=O) groups is 4. The topological polar surface area (TPSA) is 126 Å². The molecule has 0 aliphatic carbocycles. The molecule has 2 spiro atoms. The number of β-amino-alcohol motifs (C(OH)–C–C–N with tert-alkyl or cyclic N) is 1. The first-order valence-corrected chi connectivity index (χ1v) is 13.5. The lowest BCUT2D eigenvalue weighted by atomic mass is 9.69. The van der Waals surface area contributed by atoms with Crippen LogP contribution in [-0.2, 0) is 9.59 Å². The number of nitrogens with zero attached hydrogens (tertiary/aromatic N) is 4. The lowest BCUT2D eigenvalue weighted by Crippen LogP contribution is -2.68. The standard InChI is InChI=1S/C27H46N6O5/c1-22(2)13-26(14-23(3,4)30(22)9)18(35)32(20(37)28-26)11-17(34)12-33-19(36)27(29-21(33)38)15-24(5,6)31(10)25(7,8)16-27/h17,34H,11-16H2,1-10H3,(H,28,37)(H,29,38). The van der Waals surface area contributed by atoms with Crippen molar-refractivity contribution in [3.05, 3.63) is 0 Å². The van der Waals surface area contributed by atoms with Crippen LogP contribution in [0.1, 0.15) is 81.1 Å². The van der Waals surface area contributed by atoms with Gasteiger partial charge in [0, 0.05) is 22.2 Å². The number of piperidine rings is 2. The Morgan fingerprint density at radius 3 is 1.16 bits per heavy atom. The number of likely N-dealkylation sites (tertiary alicyclic amines) is 2. The second-order valence-corrected chi connectivity index (χ2v) is 14.6. The van der Waals surface area contributed by atoms with Crippen molar-refractivity contribution in [1.82, 2.24) is 30.2 Å². The van der Waals surface area contributed by atoms with Crippen molar-refractivity contribution in [2.75, 3.05) is 27.2 Å². The summed E-state index contributed by atoms with van der Waals surface area (Å²) in [6.07, 6.45) is 0.475. The molecule has 6 amide bonds. The number of amides is 6. The summed E-state index contributed by atoms with van der Waals surface area (Å²) in [7, 11) is 4.04. The van der Waals surface area contributed by atoms with Gasteiger partial charge in [-0.2, -0.15) is 0 Å². The quantitative estimate of drug-likeness (QED) is 0.467. The van der Waals surface area contributed by atoms with Gasteiger partial charge in [0.25, 0.3) is 11.8 Å². The van der Waals surface area contributed by atoms with Crippen LogP contribution in [0.15, 0.2) is 0 Å². The Morgan fingerprint density at radius 2 is 0.895 bits per heavy atom. The molecule has 4 rings (SSSR count). The summed E-state index contributed by atoms with van der Waals surface area (Å²) in [5.74, 6) is -0.744. The Kier molecular flexibility index (Phi) is 6.34. The van der Waals surface area contributed by atoms with E-state index in [9.17, 15) is 24.3 Å². The fourth-order valence-corrected chi connectivity index (χ4v) is 7.83. The van der Waals surface area contributed by atoms with E-state index in [1.165, 1.54) is 0 Å². The highest BCUT2D eigenvalue weighted by Gasteiger charge is 2.62. The van der Waals surface area contributed by atoms with Gasteiger partial charge < -0.3 is 15.7 Å². The highest BCUT2D eigenvalue weighted by Crippen LogP contribution is 2.46. The van der Waals surface area contributed by atoms with Gasteiger partial charge in [-0.1, -0.05) is 0 Å². The van der Waals surface area contributed by atoms with Crippen LogP contribution in [0.5, 0.6) is 0 Å². The van der Waals surface area contributed by atoms with Crippen molar-refractivity contribution in [3.63, 3.8) is 0 Å². The maximum atomic E-state index is 13.6. The molecule has 0 aromatic rings. The summed E-state index contributed by atoms with van der Waals surface area (Å²) in [5.41, 5.74) is -3.50. The number of nitrogens with one attached hydrogen (secondary N) is 2. The van der Waals surface area contributed by atoms with Crippen molar-refractivity contribution >= 4 is 23.9 Å². The van der Waals surface area contributed by atoms with Crippen molar-refractivity contribution in [3.8, 4) is 0 Å². The molecule has 38 heavy (non-hydrogen) atoms. The third kappa shape index (κ3) is 4.30. The van der Waals surface area contributed by atoms with Crippen LogP contribution < -0.4 is 10.6 Å². The van der Waals surface area contributed by atoms with E-state index in [-0.39, 0.29) is 47.1 Å². The first kappa shape index (κ1) is 28.8. The summed E-state index contributed by atoms with van der Waals surface area (Å²) >= 11 is 0. The average molecular weight is 535 g/mol. The van der Waals surface area contributed by atoms with E-state index < -0.39 is 29.2 Å². The number of urea groups is 2. The fourth-order valence-electron chi connectivity index (χ4n) is 7.83. The molecule has 4 fully saturated rings. The minimum absolute atomic E-state index is 0.299. The monoisotopic (exact) mass is 534 g/mol. The van der Waals surface area contributed by atoms with Crippen LogP contribution in [0.25, 0.3) is 0 Å². The molecule has 4 aliphatic heterocycles. The number of hydrogen-bond acceptors (Lipinski definition) is 7. The molecule has 0 bridgehead atoms. The molecule has 4 heterocycles. The van der Waals surface area contributed by atoms with E-state index in [1.807, 2.05) is 69.5 Å². The van der Waals surface area contributed by atoms with Crippen molar-refractivity contribution in [1.29, 1.82) is 0 Å². The van der Waals surface area contributed by atoms with Gasteiger partial charge in [-0.25, -0.2) is 9.59 Å². The van der Waals surface area contributed by atoms with E-state index in [2.05, 4.69) is 20.4 Å².